The van der Waals surface area contributed by atoms with Crippen LogP contribution in [0.3, 0.4) is 0 Å². The van der Waals surface area contributed by atoms with Crippen molar-refractivity contribution in [3.05, 3.63) is 0 Å². The lowest BCUT2D eigenvalue weighted by atomic mass is 9.96. The summed E-state index contributed by atoms with van der Waals surface area (Å²) in [6, 6.07) is 0.190. The predicted molar refractivity (Wildman–Crippen MR) is 55.9 cm³/mol. The van der Waals surface area contributed by atoms with Gasteiger partial charge in [0.25, 0.3) is 0 Å². The monoisotopic (exact) mass is 255 g/mol. The van der Waals surface area contributed by atoms with Gasteiger partial charge >= 0.3 is 0 Å². The Balaban J connectivity index is 2.31. The van der Waals surface area contributed by atoms with E-state index in [9.17, 15) is 17.2 Å². The third kappa shape index (κ3) is 5.57. The molecule has 0 heterocycles. The fourth-order valence-electron chi connectivity index (χ4n) is 1.67. The first-order valence-corrected chi connectivity index (χ1v) is 7.55. The van der Waals surface area contributed by atoms with Crippen LogP contribution in [0.15, 0.2) is 0 Å². The molecule has 90 valence electrons. The average Bonchev–Trinajstić information content (AvgIpc) is 2.15. The second-order valence-corrected chi connectivity index (χ2v) is 6.27. The molecule has 0 spiro atoms. The van der Waals surface area contributed by atoms with Crippen molar-refractivity contribution < 1.29 is 17.2 Å². The number of rotatable bonds is 5. The molecule has 0 aromatic carbocycles. The molecule has 6 nitrogen and oxygen atoms in total. The molecular formula is C7H15N2O4S2-. The van der Waals surface area contributed by atoms with Gasteiger partial charge in [0.05, 0.1) is 0 Å². The van der Waals surface area contributed by atoms with E-state index < -0.39 is 21.3 Å². The Labute approximate surface area is 92.3 Å². The minimum atomic E-state index is -3.75. The lowest BCUT2D eigenvalue weighted by Gasteiger charge is -2.22. The lowest BCUT2D eigenvalue weighted by molar-refractivity contribution is 0.387. The van der Waals surface area contributed by atoms with E-state index in [2.05, 4.69) is 5.32 Å². The Morgan fingerprint density at radius 1 is 1.27 bits per heavy atom. The van der Waals surface area contributed by atoms with E-state index in [1.54, 1.807) is 0 Å². The summed E-state index contributed by atoms with van der Waals surface area (Å²) in [5.74, 6) is -0.342. The van der Waals surface area contributed by atoms with Crippen LogP contribution in [0, 0.1) is 0 Å². The molecule has 0 amide bonds. The van der Waals surface area contributed by atoms with Gasteiger partial charge in [0.2, 0.25) is 10.0 Å². The summed E-state index contributed by atoms with van der Waals surface area (Å²) in [5.41, 5.74) is 0. The van der Waals surface area contributed by atoms with Crippen LogP contribution in [0.1, 0.15) is 32.1 Å². The Morgan fingerprint density at radius 2 is 1.87 bits per heavy atom. The van der Waals surface area contributed by atoms with E-state index in [0.29, 0.717) is 0 Å². The molecule has 1 fully saturated rings. The highest BCUT2D eigenvalue weighted by Crippen LogP contribution is 2.17. The molecule has 0 aromatic heterocycles. The molecule has 0 saturated heterocycles. The van der Waals surface area contributed by atoms with E-state index in [1.165, 1.54) is 10.5 Å². The maximum absolute atomic E-state index is 11.1. The highest BCUT2D eigenvalue weighted by Gasteiger charge is 2.16. The summed E-state index contributed by atoms with van der Waals surface area (Å²) in [6.07, 6.45) is 5.29. The van der Waals surface area contributed by atoms with Crippen molar-refractivity contribution in [1.82, 2.24) is 9.44 Å². The molecule has 8 heteroatoms. The minimum Gasteiger partial charge on any atom is -0.759 e. The first kappa shape index (κ1) is 13.0. The second kappa shape index (κ2) is 5.90. The smallest absolute Gasteiger partial charge is 0.234 e. The predicted octanol–water partition coefficient (Wildman–Crippen LogP) is -0.420. The van der Waals surface area contributed by atoms with E-state index in [-0.39, 0.29) is 11.9 Å². The zero-order valence-electron chi connectivity index (χ0n) is 8.27. The molecule has 15 heavy (non-hydrogen) atoms. The van der Waals surface area contributed by atoms with E-state index in [4.69, 9.17) is 0 Å². The minimum absolute atomic E-state index is 0.190. The van der Waals surface area contributed by atoms with Crippen LogP contribution >= 0.6 is 0 Å². The van der Waals surface area contributed by atoms with Gasteiger partial charge in [-0.2, -0.15) is 0 Å². The molecule has 1 atom stereocenters. The van der Waals surface area contributed by atoms with Crippen LogP contribution in [0.25, 0.3) is 0 Å². The van der Waals surface area contributed by atoms with Gasteiger partial charge in [-0.1, -0.05) is 19.3 Å². The third-order valence-electron chi connectivity index (χ3n) is 2.36. The number of nitrogens with one attached hydrogen (secondary N) is 2. The molecular weight excluding hydrogens is 240 g/mol. The van der Waals surface area contributed by atoms with Crippen LogP contribution in [0.4, 0.5) is 0 Å². The molecule has 0 radical (unpaired) electrons. The van der Waals surface area contributed by atoms with Gasteiger partial charge in [-0.25, -0.2) is 8.42 Å². The zero-order chi connectivity index (χ0) is 11.3. The van der Waals surface area contributed by atoms with Gasteiger partial charge in [0, 0.05) is 17.3 Å². The van der Waals surface area contributed by atoms with Gasteiger partial charge in [0.1, 0.15) is 5.88 Å². The zero-order valence-corrected chi connectivity index (χ0v) is 9.90. The maximum Gasteiger partial charge on any atom is 0.234 e. The summed E-state index contributed by atoms with van der Waals surface area (Å²) in [7, 11) is -3.75. The van der Waals surface area contributed by atoms with Gasteiger partial charge in [-0.3, -0.25) is 9.53 Å². The summed E-state index contributed by atoms with van der Waals surface area (Å²) in [6.45, 7) is 0. The molecule has 0 bridgehead atoms. The fraction of sp³-hybridized carbons (Fsp3) is 1.00. The molecule has 0 aliphatic heterocycles. The molecule has 1 aliphatic carbocycles. The summed E-state index contributed by atoms with van der Waals surface area (Å²) < 4.78 is 44.0. The van der Waals surface area contributed by atoms with Gasteiger partial charge in [-0.05, 0) is 12.8 Å². The van der Waals surface area contributed by atoms with Crippen molar-refractivity contribution >= 4 is 21.3 Å². The Morgan fingerprint density at radius 3 is 2.40 bits per heavy atom. The van der Waals surface area contributed by atoms with Gasteiger partial charge in [-0.15, -0.1) is 4.13 Å². The SMILES string of the molecule is O=S([O-])NS(=O)(=O)CNC1CCCCC1. The van der Waals surface area contributed by atoms with Crippen molar-refractivity contribution in [3.63, 3.8) is 0 Å². The highest BCUT2D eigenvalue weighted by atomic mass is 32.3. The Bertz CT molecular complexity index is 311. The lowest BCUT2D eigenvalue weighted by Crippen LogP contribution is -2.40. The van der Waals surface area contributed by atoms with Crippen molar-refractivity contribution in [2.75, 3.05) is 5.88 Å². The van der Waals surface area contributed by atoms with Crippen molar-refractivity contribution in [1.29, 1.82) is 0 Å². The van der Waals surface area contributed by atoms with E-state index in [1.807, 2.05) is 0 Å². The first-order chi connectivity index (χ1) is 6.99. The normalized spacial score (nSPS) is 21.4. The molecule has 1 saturated carbocycles. The first-order valence-electron chi connectivity index (χ1n) is 4.82. The summed E-state index contributed by atoms with van der Waals surface area (Å²) in [4.78, 5) is 0. The maximum atomic E-state index is 11.1. The summed E-state index contributed by atoms with van der Waals surface area (Å²) >= 11 is -2.77. The topological polar surface area (TPSA) is 98.3 Å². The van der Waals surface area contributed by atoms with Gasteiger partial charge < -0.3 is 4.55 Å². The van der Waals surface area contributed by atoms with Gasteiger partial charge in [0.15, 0.2) is 0 Å². The third-order valence-corrected chi connectivity index (χ3v) is 4.47. The summed E-state index contributed by atoms with van der Waals surface area (Å²) in [5, 5.41) is 2.84. The molecule has 2 N–H and O–H groups in total. The quantitative estimate of drug-likeness (QED) is 0.650. The Kier molecular flexibility index (Phi) is 5.13. The van der Waals surface area contributed by atoms with Crippen LogP contribution < -0.4 is 9.44 Å². The largest absolute Gasteiger partial charge is 0.759 e. The fourth-order valence-corrected chi connectivity index (χ4v) is 3.19. The molecule has 1 unspecified atom stereocenters. The van der Waals surface area contributed by atoms with Crippen LogP contribution in [-0.4, -0.2) is 29.1 Å². The molecule has 1 aliphatic rings. The van der Waals surface area contributed by atoms with E-state index in [0.717, 1.165) is 25.7 Å². The standard InChI is InChI=1S/C7H16N2O4S2/c10-14(11)9-15(12,13)6-8-7-4-2-1-3-5-7/h7-9H,1-6H2,(H,10,11)/p-1. The second-order valence-electron chi connectivity index (χ2n) is 3.62. The van der Waals surface area contributed by atoms with Crippen molar-refractivity contribution in [2.24, 2.45) is 0 Å². The Hall–Kier alpha value is -0.0200. The van der Waals surface area contributed by atoms with Crippen LogP contribution in [0.2, 0.25) is 0 Å². The number of hydrogen-bond donors (Lipinski definition) is 2. The number of hydrogen-bond acceptors (Lipinski definition) is 5. The van der Waals surface area contributed by atoms with E-state index >= 15 is 0 Å². The number of sulfonamides is 1. The molecule has 0 aromatic rings. The average molecular weight is 255 g/mol. The van der Waals surface area contributed by atoms with Crippen LogP contribution in [-0.2, 0) is 21.3 Å². The highest BCUT2D eigenvalue weighted by molar-refractivity contribution is 7.99. The van der Waals surface area contributed by atoms with Crippen molar-refractivity contribution in [3.8, 4) is 0 Å². The van der Waals surface area contributed by atoms with Crippen molar-refractivity contribution in [2.45, 2.75) is 38.1 Å². The molecule has 1 rings (SSSR count). The van der Waals surface area contributed by atoms with Crippen LogP contribution in [0.5, 0.6) is 0 Å².